The molecule has 0 atom stereocenters. The average molecular weight is 266 g/mol. The lowest BCUT2D eigenvalue weighted by Gasteiger charge is -2.22. The van der Waals surface area contributed by atoms with Gasteiger partial charge in [0.15, 0.2) is 0 Å². The molecule has 0 aromatic heterocycles. The van der Waals surface area contributed by atoms with E-state index in [1.54, 1.807) is 0 Å². The molecule has 0 unspecified atom stereocenters. The van der Waals surface area contributed by atoms with Crippen molar-refractivity contribution in [1.29, 1.82) is 5.26 Å². The van der Waals surface area contributed by atoms with Gasteiger partial charge in [-0.25, -0.2) is 0 Å². The van der Waals surface area contributed by atoms with Gasteiger partial charge in [-0.05, 0) is 25.2 Å². The summed E-state index contributed by atoms with van der Waals surface area (Å²) in [6, 6.07) is 2.18. The summed E-state index contributed by atoms with van der Waals surface area (Å²) in [7, 11) is 0. The van der Waals surface area contributed by atoms with Gasteiger partial charge in [0, 0.05) is 6.54 Å². The molecule has 0 spiro atoms. The summed E-state index contributed by atoms with van der Waals surface area (Å²) in [5, 5.41) is 12.1. The fourth-order valence-corrected chi connectivity index (χ4v) is 2.18. The Hall–Kier alpha value is -1.04. The number of carbonyl (C=O) groups excluding carboxylic acids is 1. The lowest BCUT2D eigenvalue weighted by Crippen LogP contribution is -2.39. The molecular weight excluding hydrogens is 236 g/mol. The van der Waals surface area contributed by atoms with Crippen LogP contribution < -0.4 is 5.32 Å². The number of nitriles is 1. The lowest BCUT2D eigenvalue weighted by atomic mass is 9.83. The third-order valence-corrected chi connectivity index (χ3v) is 3.85. The maximum absolute atomic E-state index is 12.0. The summed E-state index contributed by atoms with van der Waals surface area (Å²) < 4.78 is 0. The topological polar surface area (TPSA) is 52.9 Å². The number of nitrogens with zero attached hydrogens (tertiary/aromatic N) is 1. The molecule has 3 nitrogen and oxygen atoms in total. The largest absolute Gasteiger partial charge is 0.355 e. The van der Waals surface area contributed by atoms with E-state index in [9.17, 15) is 4.79 Å². The molecule has 110 valence electrons. The van der Waals surface area contributed by atoms with Crippen LogP contribution in [0.1, 0.15) is 72.6 Å². The van der Waals surface area contributed by atoms with Crippen LogP contribution in [-0.4, -0.2) is 12.5 Å². The molecule has 0 fully saturated rings. The highest BCUT2D eigenvalue weighted by Gasteiger charge is 2.34. The van der Waals surface area contributed by atoms with Crippen molar-refractivity contribution in [2.24, 2.45) is 11.3 Å². The van der Waals surface area contributed by atoms with Crippen LogP contribution in [0.3, 0.4) is 0 Å². The van der Waals surface area contributed by atoms with E-state index in [1.807, 2.05) is 13.8 Å². The van der Waals surface area contributed by atoms with Gasteiger partial charge in [-0.1, -0.05) is 53.4 Å². The van der Waals surface area contributed by atoms with Crippen molar-refractivity contribution in [2.75, 3.05) is 6.54 Å². The number of hydrogen-bond acceptors (Lipinski definition) is 2. The molecule has 0 radical (unpaired) electrons. The first-order chi connectivity index (χ1) is 9.02. The summed E-state index contributed by atoms with van der Waals surface area (Å²) in [5.41, 5.74) is -0.822. The zero-order valence-electron chi connectivity index (χ0n) is 13.1. The smallest absolute Gasteiger partial charge is 0.240 e. The number of unbranched alkanes of at least 4 members (excludes halogenated alkanes) is 3. The molecule has 0 aliphatic heterocycles. The van der Waals surface area contributed by atoms with Gasteiger partial charge in [0.2, 0.25) is 5.91 Å². The monoisotopic (exact) mass is 266 g/mol. The summed E-state index contributed by atoms with van der Waals surface area (Å²) in [4.78, 5) is 12.0. The Kier molecular flexibility index (Phi) is 9.30. The zero-order valence-corrected chi connectivity index (χ0v) is 13.1. The molecule has 0 saturated carbocycles. The molecule has 19 heavy (non-hydrogen) atoms. The minimum Gasteiger partial charge on any atom is -0.355 e. The molecule has 0 aromatic rings. The SMILES string of the molecule is CCC(C#N)(CC)C(=O)NCCCCCCC(C)C. The van der Waals surface area contributed by atoms with Crippen molar-refractivity contribution in [3.8, 4) is 6.07 Å². The van der Waals surface area contributed by atoms with Crippen molar-refractivity contribution in [3.63, 3.8) is 0 Å². The minimum absolute atomic E-state index is 0.0952. The Morgan fingerprint density at radius 1 is 1.16 bits per heavy atom. The van der Waals surface area contributed by atoms with Crippen LogP contribution in [0.5, 0.6) is 0 Å². The fourth-order valence-electron chi connectivity index (χ4n) is 2.18. The second kappa shape index (κ2) is 9.83. The number of nitrogens with one attached hydrogen (secondary N) is 1. The standard InChI is InChI=1S/C16H30N2O/c1-5-16(6-2,13-17)15(19)18-12-10-8-7-9-11-14(3)4/h14H,5-12H2,1-4H3,(H,18,19). The quantitative estimate of drug-likeness (QED) is 0.607. The predicted molar refractivity (Wildman–Crippen MR) is 79.6 cm³/mol. The van der Waals surface area contributed by atoms with E-state index in [0.717, 1.165) is 18.8 Å². The Morgan fingerprint density at radius 2 is 1.74 bits per heavy atom. The number of amides is 1. The average Bonchev–Trinajstić information content (AvgIpc) is 2.40. The summed E-state index contributed by atoms with van der Waals surface area (Å²) in [6.45, 7) is 8.99. The highest BCUT2D eigenvalue weighted by molar-refractivity contribution is 5.85. The number of carbonyl (C=O) groups is 1. The van der Waals surface area contributed by atoms with Gasteiger partial charge in [-0.3, -0.25) is 4.79 Å². The summed E-state index contributed by atoms with van der Waals surface area (Å²) in [6.07, 6.45) is 7.14. The van der Waals surface area contributed by atoms with E-state index in [1.165, 1.54) is 19.3 Å². The second-order valence-electron chi connectivity index (χ2n) is 5.75. The van der Waals surface area contributed by atoms with Crippen LogP contribution >= 0.6 is 0 Å². The van der Waals surface area contributed by atoms with E-state index in [2.05, 4.69) is 25.2 Å². The molecule has 0 aliphatic carbocycles. The summed E-state index contributed by atoms with van der Waals surface area (Å²) in [5.74, 6) is 0.687. The van der Waals surface area contributed by atoms with E-state index in [4.69, 9.17) is 5.26 Å². The van der Waals surface area contributed by atoms with Crippen LogP contribution in [0.25, 0.3) is 0 Å². The normalized spacial score (nSPS) is 11.4. The zero-order chi connectivity index (χ0) is 14.7. The van der Waals surface area contributed by atoms with Gasteiger partial charge < -0.3 is 5.32 Å². The molecule has 1 amide bonds. The Bertz CT molecular complexity index is 288. The van der Waals surface area contributed by atoms with Gasteiger partial charge in [0.1, 0.15) is 5.41 Å². The van der Waals surface area contributed by atoms with Crippen LogP contribution in [-0.2, 0) is 4.79 Å². The van der Waals surface area contributed by atoms with Crippen molar-refractivity contribution < 1.29 is 4.79 Å². The molecule has 0 heterocycles. The maximum Gasteiger partial charge on any atom is 0.240 e. The van der Waals surface area contributed by atoms with E-state index < -0.39 is 5.41 Å². The molecule has 0 rings (SSSR count). The fraction of sp³-hybridized carbons (Fsp3) is 0.875. The minimum atomic E-state index is -0.822. The molecular formula is C16H30N2O. The van der Waals surface area contributed by atoms with Gasteiger partial charge in [-0.2, -0.15) is 5.26 Å². The van der Waals surface area contributed by atoms with Crippen molar-refractivity contribution in [1.82, 2.24) is 5.32 Å². The number of hydrogen-bond donors (Lipinski definition) is 1. The van der Waals surface area contributed by atoms with Gasteiger partial charge in [0.25, 0.3) is 0 Å². The Morgan fingerprint density at radius 3 is 2.21 bits per heavy atom. The molecule has 3 heteroatoms. The summed E-state index contributed by atoms with van der Waals surface area (Å²) >= 11 is 0. The Labute approximate surface area is 118 Å². The van der Waals surface area contributed by atoms with Gasteiger partial charge >= 0.3 is 0 Å². The van der Waals surface area contributed by atoms with E-state index in [0.29, 0.717) is 19.4 Å². The highest BCUT2D eigenvalue weighted by atomic mass is 16.2. The molecule has 0 saturated heterocycles. The lowest BCUT2D eigenvalue weighted by molar-refractivity contribution is -0.128. The maximum atomic E-state index is 12.0. The van der Waals surface area contributed by atoms with Gasteiger partial charge in [0.05, 0.1) is 6.07 Å². The van der Waals surface area contributed by atoms with Crippen molar-refractivity contribution in [3.05, 3.63) is 0 Å². The molecule has 1 N–H and O–H groups in total. The van der Waals surface area contributed by atoms with Crippen LogP contribution in [0.4, 0.5) is 0 Å². The third kappa shape index (κ3) is 6.61. The van der Waals surface area contributed by atoms with E-state index in [-0.39, 0.29) is 5.91 Å². The molecule has 0 bridgehead atoms. The van der Waals surface area contributed by atoms with Crippen LogP contribution in [0.2, 0.25) is 0 Å². The van der Waals surface area contributed by atoms with Gasteiger partial charge in [-0.15, -0.1) is 0 Å². The van der Waals surface area contributed by atoms with Crippen molar-refractivity contribution in [2.45, 2.75) is 72.6 Å². The Balaban J connectivity index is 3.78. The first-order valence-electron chi connectivity index (χ1n) is 7.72. The third-order valence-electron chi connectivity index (χ3n) is 3.85. The van der Waals surface area contributed by atoms with E-state index >= 15 is 0 Å². The molecule has 0 aliphatic rings. The van der Waals surface area contributed by atoms with Crippen LogP contribution in [0, 0.1) is 22.7 Å². The van der Waals surface area contributed by atoms with Crippen molar-refractivity contribution >= 4 is 5.91 Å². The second-order valence-corrected chi connectivity index (χ2v) is 5.75. The highest BCUT2D eigenvalue weighted by Crippen LogP contribution is 2.25. The first kappa shape index (κ1) is 18.0. The first-order valence-corrected chi connectivity index (χ1v) is 7.72. The predicted octanol–water partition coefficient (Wildman–Crippen LogP) is 4.04. The number of rotatable bonds is 10. The molecule has 0 aromatic carbocycles. The van der Waals surface area contributed by atoms with Crippen LogP contribution in [0.15, 0.2) is 0 Å².